The van der Waals surface area contributed by atoms with Crippen LogP contribution in [-0.4, -0.2) is 9.13 Å². The topological polar surface area (TPSA) is 69.4 Å². The first-order chi connectivity index (χ1) is 6.09. The largest absolute Gasteiger partial charge is 0.389 e. The molecule has 0 heterocycles. The number of rotatable bonds is 3. The van der Waals surface area contributed by atoms with E-state index in [1.54, 1.807) is 0 Å². The Morgan fingerprint density at radius 3 is 2.31 bits per heavy atom. The number of halogens is 1. The van der Waals surface area contributed by atoms with Crippen molar-refractivity contribution < 1.29 is 13.3 Å². The summed E-state index contributed by atoms with van der Waals surface area (Å²) in [6, 6.07) is 5.11. The molecule has 0 aliphatic carbocycles. The molecule has 0 aliphatic rings. The quantitative estimate of drug-likeness (QED) is 0.443. The molecular formula is C6H4ClNO4S. The van der Waals surface area contributed by atoms with Gasteiger partial charge in [-0.3, -0.25) is 10.1 Å². The van der Waals surface area contributed by atoms with Gasteiger partial charge in [0.05, 0.1) is 4.92 Å². The molecule has 70 valence electrons. The number of non-ortho nitro benzene ring substituents is 1. The summed E-state index contributed by atoms with van der Waals surface area (Å²) in [5.41, 5.74) is -0.0623. The van der Waals surface area contributed by atoms with Crippen LogP contribution in [-0.2, 0) is 10.3 Å². The predicted molar refractivity (Wildman–Crippen MR) is 47.7 cm³/mol. The van der Waals surface area contributed by atoms with Crippen LogP contribution in [0.5, 0.6) is 5.75 Å². The minimum Gasteiger partial charge on any atom is -0.389 e. The van der Waals surface area contributed by atoms with Gasteiger partial charge in [0.2, 0.25) is 0 Å². The second-order valence-electron chi connectivity index (χ2n) is 2.03. The van der Waals surface area contributed by atoms with Crippen LogP contribution >= 0.6 is 10.7 Å². The SMILES string of the molecule is O=[N+]([O-])c1ccc(OS(=O)Cl)cc1. The highest BCUT2D eigenvalue weighted by atomic mass is 35.7. The highest BCUT2D eigenvalue weighted by molar-refractivity contribution is 8.04. The molecule has 0 fully saturated rings. The maximum Gasteiger partial charge on any atom is 0.308 e. The Morgan fingerprint density at radius 1 is 1.38 bits per heavy atom. The van der Waals surface area contributed by atoms with Gasteiger partial charge in [0.15, 0.2) is 0 Å². The van der Waals surface area contributed by atoms with E-state index in [2.05, 4.69) is 4.18 Å². The number of nitrogens with zero attached hydrogens (tertiary/aromatic N) is 1. The summed E-state index contributed by atoms with van der Waals surface area (Å²) in [4.78, 5) is 9.67. The monoisotopic (exact) mass is 221 g/mol. The van der Waals surface area contributed by atoms with Crippen LogP contribution < -0.4 is 4.18 Å². The summed E-state index contributed by atoms with van der Waals surface area (Å²) in [6.45, 7) is 0. The fourth-order valence-corrected chi connectivity index (χ4v) is 1.18. The molecule has 1 atom stereocenters. The van der Waals surface area contributed by atoms with Gasteiger partial charge in [-0.1, -0.05) is 0 Å². The third-order valence-electron chi connectivity index (χ3n) is 1.21. The summed E-state index contributed by atoms with van der Waals surface area (Å²) < 4.78 is 14.9. The Labute approximate surface area is 80.6 Å². The van der Waals surface area contributed by atoms with Crippen molar-refractivity contribution in [1.82, 2.24) is 0 Å². The molecule has 1 aromatic carbocycles. The maximum absolute atomic E-state index is 10.4. The van der Waals surface area contributed by atoms with Gasteiger partial charge < -0.3 is 4.18 Å². The highest BCUT2D eigenvalue weighted by Crippen LogP contribution is 2.18. The average molecular weight is 222 g/mol. The molecule has 0 radical (unpaired) electrons. The van der Waals surface area contributed by atoms with E-state index in [4.69, 9.17) is 10.7 Å². The molecule has 0 aliphatic heterocycles. The fourth-order valence-electron chi connectivity index (χ4n) is 0.699. The molecule has 7 heteroatoms. The summed E-state index contributed by atoms with van der Waals surface area (Å²) in [7, 11) is 3.10. The number of hydrogen-bond donors (Lipinski definition) is 0. The molecule has 0 bridgehead atoms. The van der Waals surface area contributed by atoms with E-state index in [-0.39, 0.29) is 11.4 Å². The zero-order valence-electron chi connectivity index (χ0n) is 6.18. The lowest BCUT2D eigenvalue weighted by Gasteiger charge is -1.97. The third-order valence-corrected chi connectivity index (χ3v) is 1.72. The van der Waals surface area contributed by atoms with Crippen molar-refractivity contribution in [3.8, 4) is 5.75 Å². The molecular weight excluding hydrogens is 218 g/mol. The van der Waals surface area contributed by atoms with Crippen LogP contribution in [0.1, 0.15) is 0 Å². The standard InChI is InChI=1S/C6H4ClNO4S/c7-13(11)12-6-3-1-5(2-4-6)8(9)10/h1-4H. The summed E-state index contributed by atoms with van der Waals surface area (Å²) in [5, 5.41) is 10.2. The molecule has 5 nitrogen and oxygen atoms in total. The molecule has 0 saturated heterocycles. The van der Waals surface area contributed by atoms with E-state index in [1.807, 2.05) is 0 Å². The zero-order valence-corrected chi connectivity index (χ0v) is 7.75. The molecule has 0 N–H and O–H groups in total. The van der Waals surface area contributed by atoms with Crippen molar-refractivity contribution in [1.29, 1.82) is 0 Å². The highest BCUT2D eigenvalue weighted by Gasteiger charge is 2.05. The van der Waals surface area contributed by atoms with Gasteiger partial charge in [-0.25, -0.2) is 0 Å². The number of nitro benzene ring substituents is 1. The maximum atomic E-state index is 10.4. The minimum absolute atomic E-state index is 0.0623. The smallest absolute Gasteiger partial charge is 0.308 e. The first-order valence-corrected chi connectivity index (χ1v) is 5.00. The van der Waals surface area contributed by atoms with E-state index in [0.717, 1.165) is 0 Å². The summed E-state index contributed by atoms with van der Waals surface area (Å²) in [6.07, 6.45) is 0. The van der Waals surface area contributed by atoms with Crippen LogP contribution in [0.2, 0.25) is 0 Å². The van der Waals surface area contributed by atoms with E-state index >= 15 is 0 Å². The van der Waals surface area contributed by atoms with E-state index in [9.17, 15) is 14.3 Å². The number of nitro groups is 1. The Balaban J connectivity index is 2.81. The third kappa shape index (κ3) is 3.00. The second kappa shape index (κ2) is 4.20. The minimum atomic E-state index is -1.93. The van der Waals surface area contributed by atoms with Crippen LogP contribution in [0.3, 0.4) is 0 Å². The predicted octanol–water partition coefficient (Wildman–Crippen LogP) is 1.79. The van der Waals surface area contributed by atoms with E-state index < -0.39 is 15.2 Å². The van der Waals surface area contributed by atoms with Gasteiger partial charge in [-0.15, -0.1) is 0 Å². The average Bonchev–Trinajstić information content (AvgIpc) is 2.04. The van der Waals surface area contributed by atoms with Gasteiger partial charge in [-0.2, -0.15) is 4.21 Å². The first-order valence-electron chi connectivity index (χ1n) is 3.10. The Morgan fingerprint density at radius 2 is 1.92 bits per heavy atom. The molecule has 0 saturated carbocycles. The lowest BCUT2D eigenvalue weighted by molar-refractivity contribution is -0.384. The zero-order chi connectivity index (χ0) is 9.84. The van der Waals surface area contributed by atoms with Gasteiger partial charge in [0, 0.05) is 22.8 Å². The second-order valence-corrected chi connectivity index (χ2v) is 3.34. The first kappa shape index (κ1) is 9.94. The Bertz CT molecular complexity index is 339. The Hall–Kier alpha value is -1.14. The van der Waals surface area contributed by atoms with E-state index in [1.165, 1.54) is 24.3 Å². The van der Waals surface area contributed by atoms with Gasteiger partial charge in [0.25, 0.3) is 5.69 Å². The molecule has 0 amide bonds. The summed E-state index contributed by atoms with van der Waals surface area (Å²) in [5.74, 6) is 0.221. The van der Waals surface area contributed by atoms with Gasteiger partial charge in [0.1, 0.15) is 5.75 Å². The molecule has 1 rings (SSSR count). The number of hydrogen-bond acceptors (Lipinski definition) is 4. The lowest BCUT2D eigenvalue weighted by atomic mass is 10.3. The van der Waals surface area contributed by atoms with Crippen LogP contribution in [0.25, 0.3) is 0 Å². The van der Waals surface area contributed by atoms with Crippen LogP contribution in [0, 0.1) is 10.1 Å². The normalized spacial score (nSPS) is 12.1. The fraction of sp³-hybridized carbons (Fsp3) is 0. The lowest BCUT2D eigenvalue weighted by Crippen LogP contribution is -1.92. The Kier molecular flexibility index (Phi) is 3.21. The van der Waals surface area contributed by atoms with E-state index in [0.29, 0.717) is 0 Å². The molecule has 1 aromatic rings. The van der Waals surface area contributed by atoms with Crippen LogP contribution in [0.15, 0.2) is 24.3 Å². The molecule has 0 aromatic heterocycles. The molecule has 0 spiro atoms. The van der Waals surface area contributed by atoms with Gasteiger partial charge in [-0.05, 0) is 12.1 Å². The van der Waals surface area contributed by atoms with Crippen molar-refractivity contribution >= 4 is 26.7 Å². The van der Waals surface area contributed by atoms with Gasteiger partial charge >= 0.3 is 10.3 Å². The van der Waals surface area contributed by atoms with Crippen LogP contribution in [0.4, 0.5) is 5.69 Å². The van der Waals surface area contributed by atoms with Crippen molar-refractivity contribution in [2.45, 2.75) is 0 Å². The van der Waals surface area contributed by atoms with Crippen molar-refractivity contribution in [3.63, 3.8) is 0 Å². The summed E-state index contributed by atoms with van der Waals surface area (Å²) >= 11 is 0. The molecule has 13 heavy (non-hydrogen) atoms. The van der Waals surface area contributed by atoms with Crippen molar-refractivity contribution in [2.75, 3.05) is 0 Å². The van der Waals surface area contributed by atoms with Crippen molar-refractivity contribution in [2.24, 2.45) is 0 Å². The number of benzene rings is 1. The molecule has 1 unspecified atom stereocenters. The van der Waals surface area contributed by atoms with Crippen molar-refractivity contribution in [3.05, 3.63) is 34.4 Å².